The monoisotopic (exact) mass is 342 g/mol. The lowest BCUT2D eigenvalue weighted by atomic mass is 10.2. The van der Waals surface area contributed by atoms with Crippen molar-refractivity contribution in [3.05, 3.63) is 48.2 Å². The highest BCUT2D eigenvalue weighted by Crippen LogP contribution is 2.15. The fraction of sp³-hybridized carbons (Fsp3) is 0.278. The number of anilines is 3. The van der Waals surface area contributed by atoms with E-state index in [1.165, 1.54) is 6.92 Å². The summed E-state index contributed by atoms with van der Waals surface area (Å²) in [6, 6.07) is 10.3. The Morgan fingerprint density at radius 1 is 1.08 bits per heavy atom. The van der Waals surface area contributed by atoms with E-state index in [2.05, 4.69) is 20.9 Å². The second-order valence-corrected chi connectivity index (χ2v) is 5.42. The van der Waals surface area contributed by atoms with E-state index in [1.807, 2.05) is 0 Å². The highest BCUT2D eigenvalue weighted by Gasteiger charge is 2.08. The molecule has 132 valence electrons. The van der Waals surface area contributed by atoms with Crippen LogP contribution in [0.25, 0.3) is 0 Å². The van der Waals surface area contributed by atoms with Crippen molar-refractivity contribution in [1.82, 2.24) is 4.98 Å². The summed E-state index contributed by atoms with van der Waals surface area (Å²) < 4.78 is 4.99. The molecule has 0 spiro atoms. The van der Waals surface area contributed by atoms with Gasteiger partial charge in [0.2, 0.25) is 5.91 Å². The van der Waals surface area contributed by atoms with Gasteiger partial charge in [-0.15, -0.1) is 0 Å². The molecule has 1 aromatic carbocycles. The lowest BCUT2D eigenvalue weighted by Crippen LogP contribution is -2.13. The zero-order chi connectivity index (χ0) is 18.1. The van der Waals surface area contributed by atoms with E-state index in [9.17, 15) is 9.59 Å². The molecule has 3 N–H and O–H groups in total. The van der Waals surface area contributed by atoms with Crippen LogP contribution in [-0.4, -0.2) is 37.1 Å². The molecule has 1 aromatic heterocycles. The molecule has 0 aliphatic rings. The summed E-state index contributed by atoms with van der Waals surface area (Å²) in [6.07, 6.45) is 2.45. The zero-order valence-electron chi connectivity index (χ0n) is 14.3. The predicted molar refractivity (Wildman–Crippen MR) is 97.9 cm³/mol. The minimum Gasteiger partial charge on any atom is -0.385 e. The number of methoxy groups -OCH3 is 1. The summed E-state index contributed by atoms with van der Waals surface area (Å²) in [5.41, 5.74) is 1.83. The highest BCUT2D eigenvalue weighted by molar-refractivity contribution is 6.04. The first-order valence-electron chi connectivity index (χ1n) is 7.96. The third kappa shape index (κ3) is 6.23. The van der Waals surface area contributed by atoms with Gasteiger partial charge in [0.05, 0.1) is 0 Å². The van der Waals surface area contributed by atoms with Gasteiger partial charge in [-0.25, -0.2) is 4.98 Å². The number of hydrogen-bond donors (Lipinski definition) is 3. The molecule has 2 aromatic rings. The highest BCUT2D eigenvalue weighted by atomic mass is 16.5. The molecule has 0 fully saturated rings. The Balaban J connectivity index is 1.94. The Bertz CT molecular complexity index is 717. The van der Waals surface area contributed by atoms with Crippen LogP contribution in [0.3, 0.4) is 0 Å². The maximum atomic E-state index is 12.3. The summed E-state index contributed by atoms with van der Waals surface area (Å²) in [5, 5.41) is 8.64. The van der Waals surface area contributed by atoms with Gasteiger partial charge in [-0.2, -0.15) is 0 Å². The number of nitrogens with zero attached hydrogens (tertiary/aromatic N) is 1. The average molecular weight is 342 g/mol. The van der Waals surface area contributed by atoms with Crippen molar-refractivity contribution in [2.75, 3.05) is 36.2 Å². The molecular weight excluding hydrogens is 320 g/mol. The normalized spacial score (nSPS) is 10.2. The maximum Gasteiger partial charge on any atom is 0.255 e. The number of aromatic nitrogens is 1. The Hall–Kier alpha value is -2.93. The zero-order valence-corrected chi connectivity index (χ0v) is 14.3. The minimum absolute atomic E-state index is 0.140. The molecule has 0 aliphatic heterocycles. The Morgan fingerprint density at radius 2 is 1.76 bits per heavy atom. The smallest absolute Gasteiger partial charge is 0.255 e. The SMILES string of the molecule is COCCCNc1cc(C(=O)Nc2ccc(NC(C)=O)cc2)ccn1. The largest absolute Gasteiger partial charge is 0.385 e. The van der Waals surface area contributed by atoms with Crippen LogP contribution in [0, 0.1) is 0 Å². The Kier molecular flexibility index (Phi) is 6.91. The van der Waals surface area contributed by atoms with Crippen molar-refractivity contribution in [3.8, 4) is 0 Å². The number of carbonyl (C=O) groups is 2. The van der Waals surface area contributed by atoms with Crippen LogP contribution < -0.4 is 16.0 Å². The molecule has 7 heteroatoms. The molecule has 0 atom stereocenters. The summed E-state index contributed by atoms with van der Waals surface area (Å²) in [6.45, 7) is 2.83. The van der Waals surface area contributed by atoms with Crippen LogP contribution in [0.15, 0.2) is 42.6 Å². The number of ether oxygens (including phenoxy) is 1. The third-order valence-electron chi connectivity index (χ3n) is 3.32. The standard InChI is InChI=1S/C18H22N4O3/c1-13(23)21-15-4-6-16(7-5-15)22-18(24)14-8-10-20-17(12-14)19-9-3-11-25-2/h4-8,10,12H,3,9,11H2,1-2H3,(H,19,20)(H,21,23)(H,22,24). The van der Waals surface area contributed by atoms with Gasteiger partial charge in [0, 0.05) is 50.3 Å². The van der Waals surface area contributed by atoms with Gasteiger partial charge in [0.15, 0.2) is 0 Å². The number of carbonyl (C=O) groups excluding carboxylic acids is 2. The molecule has 0 aliphatic carbocycles. The van der Waals surface area contributed by atoms with E-state index in [-0.39, 0.29) is 11.8 Å². The van der Waals surface area contributed by atoms with E-state index in [4.69, 9.17) is 4.74 Å². The first kappa shape index (κ1) is 18.4. The molecule has 7 nitrogen and oxygen atoms in total. The van der Waals surface area contributed by atoms with Gasteiger partial charge in [0.1, 0.15) is 5.82 Å². The Morgan fingerprint density at radius 3 is 2.40 bits per heavy atom. The number of pyridine rings is 1. The topological polar surface area (TPSA) is 92.4 Å². The first-order chi connectivity index (χ1) is 12.1. The minimum atomic E-state index is -0.227. The van der Waals surface area contributed by atoms with E-state index in [1.54, 1.807) is 49.7 Å². The fourth-order valence-electron chi connectivity index (χ4n) is 2.14. The second kappa shape index (κ2) is 9.39. The molecular formula is C18H22N4O3. The van der Waals surface area contributed by atoms with E-state index in [0.717, 1.165) is 13.0 Å². The predicted octanol–water partition coefficient (Wildman–Crippen LogP) is 2.74. The molecule has 2 rings (SSSR count). The van der Waals surface area contributed by atoms with Crippen molar-refractivity contribution in [3.63, 3.8) is 0 Å². The molecule has 0 bridgehead atoms. The van der Waals surface area contributed by atoms with Gasteiger partial charge >= 0.3 is 0 Å². The number of rotatable bonds is 8. The van der Waals surface area contributed by atoms with Crippen LogP contribution in [0.4, 0.5) is 17.2 Å². The molecule has 0 saturated heterocycles. The molecule has 0 radical (unpaired) electrons. The average Bonchev–Trinajstić information content (AvgIpc) is 2.60. The molecule has 25 heavy (non-hydrogen) atoms. The number of amides is 2. The van der Waals surface area contributed by atoms with Crippen molar-refractivity contribution in [2.24, 2.45) is 0 Å². The van der Waals surface area contributed by atoms with E-state index >= 15 is 0 Å². The van der Waals surface area contributed by atoms with Gasteiger partial charge in [0.25, 0.3) is 5.91 Å². The summed E-state index contributed by atoms with van der Waals surface area (Å²) in [7, 11) is 1.66. The molecule has 0 saturated carbocycles. The third-order valence-corrected chi connectivity index (χ3v) is 3.32. The fourth-order valence-corrected chi connectivity index (χ4v) is 2.14. The van der Waals surface area contributed by atoms with Crippen molar-refractivity contribution in [1.29, 1.82) is 0 Å². The van der Waals surface area contributed by atoms with Gasteiger partial charge in [-0.3, -0.25) is 9.59 Å². The van der Waals surface area contributed by atoms with Crippen LogP contribution in [0.1, 0.15) is 23.7 Å². The molecule has 2 amide bonds. The van der Waals surface area contributed by atoms with Crippen molar-refractivity contribution in [2.45, 2.75) is 13.3 Å². The van der Waals surface area contributed by atoms with Crippen LogP contribution in [-0.2, 0) is 9.53 Å². The lowest BCUT2D eigenvalue weighted by molar-refractivity contribution is -0.114. The second-order valence-electron chi connectivity index (χ2n) is 5.42. The summed E-state index contributed by atoms with van der Waals surface area (Å²) in [4.78, 5) is 27.5. The van der Waals surface area contributed by atoms with Crippen LogP contribution >= 0.6 is 0 Å². The van der Waals surface area contributed by atoms with Crippen molar-refractivity contribution < 1.29 is 14.3 Å². The van der Waals surface area contributed by atoms with Gasteiger partial charge in [-0.1, -0.05) is 0 Å². The van der Waals surface area contributed by atoms with Gasteiger partial charge < -0.3 is 20.7 Å². The van der Waals surface area contributed by atoms with Crippen LogP contribution in [0.2, 0.25) is 0 Å². The number of hydrogen-bond acceptors (Lipinski definition) is 5. The molecule has 1 heterocycles. The number of benzene rings is 1. The molecule has 0 unspecified atom stereocenters. The van der Waals surface area contributed by atoms with Crippen molar-refractivity contribution >= 4 is 29.0 Å². The maximum absolute atomic E-state index is 12.3. The van der Waals surface area contributed by atoms with Gasteiger partial charge in [-0.05, 0) is 42.8 Å². The quantitative estimate of drug-likeness (QED) is 0.642. The summed E-state index contributed by atoms with van der Waals surface area (Å²) in [5.74, 6) is 0.276. The number of nitrogens with one attached hydrogen (secondary N) is 3. The van der Waals surface area contributed by atoms with Crippen LogP contribution in [0.5, 0.6) is 0 Å². The van der Waals surface area contributed by atoms with E-state index < -0.39 is 0 Å². The Labute approximate surface area is 146 Å². The lowest BCUT2D eigenvalue weighted by Gasteiger charge is -2.09. The van der Waals surface area contributed by atoms with E-state index in [0.29, 0.717) is 29.4 Å². The summed E-state index contributed by atoms with van der Waals surface area (Å²) >= 11 is 0. The first-order valence-corrected chi connectivity index (χ1v) is 7.96.